The van der Waals surface area contributed by atoms with Crippen LogP contribution in [0.25, 0.3) is 11.2 Å². The largest absolute Gasteiger partial charge is 0.510 e. The predicted octanol–water partition coefficient (Wildman–Crippen LogP) is 3.82. The van der Waals surface area contributed by atoms with Crippen LogP contribution in [-0.2, 0) is 43.8 Å². The number of hydrogen-bond acceptors (Lipinski definition) is 14. The Morgan fingerprint density at radius 1 is 0.973 bits per heavy atom. The Morgan fingerprint density at radius 3 is 2.14 bits per heavy atom. The Hall–Kier alpha value is -3.00. The van der Waals surface area contributed by atoms with Crippen molar-refractivity contribution in [1.29, 1.82) is 0 Å². The van der Waals surface area contributed by atoms with E-state index < -0.39 is 45.9 Å². The van der Waals surface area contributed by atoms with E-state index in [1.807, 2.05) is 13.8 Å². The maximum atomic E-state index is 13.2. The number of carbonyl (C=O) groups is 2. The monoisotopic (exact) mass is 547 g/mol. The number of unbranched alkanes of at least 4 members (excludes halogenated alkanes) is 2. The summed E-state index contributed by atoms with van der Waals surface area (Å²) in [6, 6.07) is 0. The second kappa shape index (κ2) is 16.0. The molecule has 0 saturated heterocycles. The molecule has 0 radical (unpaired) electrons. The molecule has 0 bridgehead atoms. The molecule has 0 amide bonds. The zero-order chi connectivity index (χ0) is 27.1. The van der Waals surface area contributed by atoms with E-state index in [2.05, 4.69) is 15.0 Å². The Kier molecular flexibility index (Phi) is 13.0. The number of hydrogen-bond donors (Lipinski definition) is 1. The van der Waals surface area contributed by atoms with Crippen molar-refractivity contribution in [3.63, 3.8) is 0 Å². The number of imidazole rings is 1. The van der Waals surface area contributed by atoms with Crippen LogP contribution < -0.4 is 5.73 Å². The minimum Gasteiger partial charge on any atom is -0.434 e. The summed E-state index contributed by atoms with van der Waals surface area (Å²) in [7, 11) is -4.05. The van der Waals surface area contributed by atoms with Crippen molar-refractivity contribution < 1.29 is 46.9 Å². The highest BCUT2D eigenvalue weighted by molar-refractivity contribution is 7.53. The molecule has 37 heavy (non-hydrogen) atoms. The Bertz CT molecular complexity index is 1000. The van der Waals surface area contributed by atoms with E-state index in [1.165, 1.54) is 12.7 Å². The van der Waals surface area contributed by atoms with Crippen LogP contribution in [0.3, 0.4) is 0 Å². The maximum Gasteiger partial charge on any atom is 0.510 e. The fourth-order valence-electron chi connectivity index (χ4n) is 2.68. The average molecular weight is 548 g/mol. The second-order valence-corrected chi connectivity index (χ2v) is 9.73. The SMILES string of the molecule is CCCCOC(=O)OCOP(=O)(COC(C)Cn1cnc2c(N)ncnc21)OCOC(=O)OCCCC. The van der Waals surface area contributed by atoms with E-state index >= 15 is 0 Å². The third-order valence-corrected chi connectivity index (χ3v) is 6.15. The van der Waals surface area contributed by atoms with Gasteiger partial charge >= 0.3 is 19.9 Å². The fraction of sp³-hybridized carbons (Fsp3) is 0.667. The van der Waals surface area contributed by atoms with Crippen LogP contribution in [0.1, 0.15) is 46.5 Å². The number of fused-ring (bicyclic) bond motifs is 1. The molecule has 0 saturated carbocycles. The molecule has 2 heterocycles. The molecule has 15 nitrogen and oxygen atoms in total. The number of carbonyl (C=O) groups excluding carboxylic acids is 2. The Morgan fingerprint density at radius 2 is 1.57 bits per heavy atom. The number of aromatic nitrogens is 4. The lowest BCUT2D eigenvalue weighted by molar-refractivity contribution is -0.0293. The first-order valence-corrected chi connectivity index (χ1v) is 13.5. The summed E-state index contributed by atoms with van der Waals surface area (Å²) in [6.07, 6.45) is 2.80. The standard InChI is InChI=1S/C21H34N5O10P/c1-4-6-8-30-20(27)32-13-35-37(29,36-14-33-21(28)31-9-7-5-2)15-34-16(3)10-26-12-25-17-18(22)23-11-24-19(17)26/h11-12,16H,4-10,13-15H2,1-3H3,(H2,22,23,24). The number of anilines is 1. The van der Waals surface area contributed by atoms with Crippen molar-refractivity contribution in [1.82, 2.24) is 19.5 Å². The van der Waals surface area contributed by atoms with Gasteiger partial charge in [-0.1, -0.05) is 26.7 Å². The zero-order valence-corrected chi connectivity index (χ0v) is 22.1. The summed E-state index contributed by atoms with van der Waals surface area (Å²) in [5.74, 6) is 0.241. The van der Waals surface area contributed by atoms with Gasteiger partial charge in [0.1, 0.15) is 18.2 Å². The van der Waals surface area contributed by atoms with Gasteiger partial charge in [-0.05, 0) is 19.8 Å². The van der Waals surface area contributed by atoms with Crippen LogP contribution in [-0.4, -0.2) is 71.1 Å². The highest BCUT2D eigenvalue weighted by atomic mass is 31.2. The molecule has 208 valence electrons. The van der Waals surface area contributed by atoms with Crippen molar-refractivity contribution in [2.75, 3.05) is 38.9 Å². The molecular weight excluding hydrogens is 513 g/mol. The van der Waals surface area contributed by atoms with Gasteiger partial charge in [0.05, 0.1) is 32.2 Å². The van der Waals surface area contributed by atoms with Crippen molar-refractivity contribution in [3.05, 3.63) is 12.7 Å². The number of ether oxygens (including phenoxy) is 5. The summed E-state index contributed by atoms with van der Waals surface area (Å²) >= 11 is 0. The van der Waals surface area contributed by atoms with Gasteiger partial charge in [0, 0.05) is 0 Å². The highest BCUT2D eigenvalue weighted by Gasteiger charge is 2.28. The van der Waals surface area contributed by atoms with Crippen LogP contribution >= 0.6 is 7.60 Å². The number of nitrogens with zero attached hydrogens (tertiary/aromatic N) is 4. The molecule has 0 aliphatic rings. The summed E-state index contributed by atoms with van der Waals surface area (Å²) in [5, 5.41) is 0. The summed E-state index contributed by atoms with van der Waals surface area (Å²) in [6.45, 7) is 4.75. The van der Waals surface area contributed by atoms with Crippen LogP contribution in [0, 0.1) is 0 Å². The highest BCUT2D eigenvalue weighted by Crippen LogP contribution is 2.48. The summed E-state index contributed by atoms with van der Waals surface area (Å²) < 4.78 is 50.0. The fourth-order valence-corrected chi connectivity index (χ4v) is 3.77. The first kappa shape index (κ1) is 30.2. The minimum atomic E-state index is -4.05. The van der Waals surface area contributed by atoms with E-state index in [4.69, 9.17) is 38.5 Å². The Balaban J connectivity index is 1.91. The molecule has 2 aromatic rings. The normalized spacial score (nSPS) is 12.3. The first-order chi connectivity index (χ1) is 17.8. The maximum absolute atomic E-state index is 13.2. The second-order valence-electron chi connectivity index (χ2n) is 7.73. The van der Waals surface area contributed by atoms with Crippen LogP contribution in [0.5, 0.6) is 0 Å². The molecule has 0 spiro atoms. The molecule has 1 unspecified atom stereocenters. The minimum absolute atomic E-state index is 0.178. The van der Waals surface area contributed by atoms with Crippen molar-refractivity contribution >= 4 is 36.9 Å². The van der Waals surface area contributed by atoms with Crippen molar-refractivity contribution in [2.45, 2.75) is 59.1 Å². The zero-order valence-electron chi connectivity index (χ0n) is 21.2. The predicted molar refractivity (Wildman–Crippen MR) is 129 cm³/mol. The van der Waals surface area contributed by atoms with Gasteiger partial charge in [0.2, 0.25) is 13.6 Å². The van der Waals surface area contributed by atoms with Gasteiger partial charge in [-0.15, -0.1) is 0 Å². The molecule has 2 rings (SSSR count). The van der Waals surface area contributed by atoms with E-state index in [-0.39, 0.29) is 25.6 Å². The molecule has 1 atom stereocenters. The third kappa shape index (κ3) is 10.9. The quantitative estimate of drug-likeness (QED) is 0.130. The van der Waals surface area contributed by atoms with Crippen molar-refractivity contribution in [3.8, 4) is 0 Å². The molecule has 2 N–H and O–H groups in total. The number of rotatable bonds is 17. The van der Waals surface area contributed by atoms with Gasteiger partial charge in [0.15, 0.2) is 11.5 Å². The lowest BCUT2D eigenvalue weighted by Crippen LogP contribution is -2.19. The van der Waals surface area contributed by atoms with Gasteiger partial charge in [-0.3, -0.25) is 13.6 Å². The third-order valence-electron chi connectivity index (χ3n) is 4.69. The lowest BCUT2D eigenvalue weighted by atomic mass is 10.4. The first-order valence-electron chi connectivity index (χ1n) is 11.8. The molecule has 0 fully saturated rings. The van der Waals surface area contributed by atoms with Crippen LogP contribution in [0.15, 0.2) is 12.7 Å². The van der Waals surface area contributed by atoms with Gasteiger partial charge in [-0.2, -0.15) is 0 Å². The molecule has 0 aliphatic carbocycles. The van der Waals surface area contributed by atoms with Gasteiger partial charge in [0.25, 0.3) is 0 Å². The van der Waals surface area contributed by atoms with Crippen LogP contribution in [0.4, 0.5) is 15.4 Å². The van der Waals surface area contributed by atoms with E-state index in [1.54, 1.807) is 11.5 Å². The van der Waals surface area contributed by atoms with Crippen LogP contribution in [0.2, 0.25) is 0 Å². The van der Waals surface area contributed by atoms with Gasteiger partial charge in [-0.25, -0.2) is 24.5 Å². The van der Waals surface area contributed by atoms with E-state index in [9.17, 15) is 14.2 Å². The van der Waals surface area contributed by atoms with E-state index in [0.717, 1.165) is 12.8 Å². The number of nitrogen functional groups attached to an aromatic ring is 1. The average Bonchev–Trinajstić information content (AvgIpc) is 3.27. The molecule has 16 heteroatoms. The molecule has 0 aliphatic heterocycles. The molecular formula is C21H34N5O10P. The summed E-state index contributed by atoms with van der Waals surface area (Å²) in [4.78, 5) is 35.4. The summed E-state index contributed by atoms with van der Waals surface area (Å²) in [5.41, 5.74) is 6.75. The topological polar surface area (TPSA) is 185 Å². The number of nitrogens with two attached hydrogens (primary N) is 1. The molecule has 2 aromatic heterocycles. The van der Waals surface area contributed by atoms with E-state index in [0.29, 0.717) is 24.0 Å². The lowest BCUT2D eigenvalue weighted by Gasteiger charge is -2.21. The smallest absolute Gasteiger partial charge is 0.434 e. The van der Waals surface area contributed by atoms with Crippen molar-refractivity contribution in [2.24, 2.45) is 0 Å². The Labute approximate surface area is 214 Å². The van der Waals surface area contributed by atoms with Gasteiger partial charge < -0.3 is 34.0 Å². The molecule has 0 aromatic carbocycles.